The van der Waals surface area contributed by atoms with Gasteiger partial charge in [-0.1, -0.05) is 36.4 Å². The number of furan rings is 2. The van der Waals surface area contributed by atoms with Crippen molar-refractivity contribution in [3.8, 4) is 22.5 Å². The second kappa shape index (κ2) is 6.81. The number of benzene rings is 3. The maximum atomic E-state index is 6.21. The van der Waals surface area contributed by atoms with E-state index in [0.29, 0.717) is 0 Å². The molecule has 35 heavy (non-hydrogen) atoms. The number of aromatic nitrogens is 3. The van der Waals surface area contributed by atoms with Gasteiger partial charge in [-0.05, 0) is 54.1 Å². The molecule has 8 aromatic rings. The minimum absolute atomic E-state index is 0.847. The molecular formula is C30H17N3O2. The van der Waals surface area contributed by atoms with Gasteiger partial charge in [0.1, 0.15) is 33.7 Å². The molecule has 5 heterocycles. The molecule has 3 aromatic carbocycles. The fraction of sp³-hybridized carbons (Fsp3) is 0. The lowest BCUT2D eigenvalue weighted by Crippen LogP contribution is -1.85. The molecule has 0 saturated heterocycles. The van der Waals surface area contributed by atoms with Gasteiger partial charge in [0, 0.05) is 45.7 Å². The average Bonchev–Trinajstić information content (AvgIpc) is 3.60. The van der Waals surface area contributed by atoms with Gasteiger partial charge < -0.3 is 13.2 Å². The predicted octanol–water partition coefficient (Wildman–Crippen LogP) is 7.86. The van der Waals surface area contributed by atoms with E-state index in [4.69, 9.17) is 13.8 Å². The van der Waals surface area contributed by atoms with Gasteiger partial charge >= 0.3 is 0 Å². The molecule has 5 nitrogen and oxygen atoms in total. The van der Waals surface area contributed by atoms with Crippen LogP contribution in [0.15, 0.2) is 112 Å². The zero-order valence-corrected chi connectivity index (χ0v) is 18.5. The number of imidazole rings is 1. The van der Waals surface area contributed by atoms with Gasteiger partial charge in [-0.25, -0.2) is 4.98 Å². The van der Waals surface area contributed by atoms with Crippen LogP contribution in [0.1, 0.15) is 0 Å². The Labute approximate surface area is 198 Å². The van der Waals surface area contributed by atoms with Crippen molar-refractivity contribution in [1.82, 2.24) is 14.4 Å². The van der Waals surface area contributed by atoms with Crippen molar-refractivity contribution < 1.29 is 8.83 Å². The van der Waals surface area contributed by atoms with Crippen LogP contribution >= 0.6 is 0 Å². The minimum Gasteiger partial charge on any atom is -0.456 e. The largest absolute Gasteiger partial charge is 0.456 e. The molecule has 0 radical (unpaired) electrons. The van der Waals surface area contributed by atoms with Crippen LogP contribution in [0.25, 0.3) is 72.0 Å². The zero-order valence-electron chi connectivity index (χ0n) is 18.5. The molecule has 0 fully saturated rings. The molecule has 0 bridgehead atoms. The van der Waals surface area contributed by atoms with Gasteiger partial charge in [0.25, 0.3) is 0 Å². The number of rotatable bonds is 2. The highest BCUT2D eigenvalue weighted by Gasteiger charge is 2.14. The van der Waals surface area contributed by atoms with Crippen molar-refractivity contribution in [2.75, 3.05) is 0 Å². The van der Waals surface area contributed by atoms with Gasteiger partial charge in [-0.2, -0.15) is 0 Å². The second-order valence-electron chi connectivity index (χ2n) is 8.78. The molecule has 0 spiro atoms. The van der Waals surface area contributed by atoms with Crippen molar-refractivity contribution in [2.45, 2.75) is 0 Å². The summed E-state index contributed by atoms with van der Waals surface area (Å²) in [6.07, 6.45) is 5.89. The minimum atomic E-state index is 0.847. The molecule has 164 valence electrons. The topological polar surface area (TPSA) is 56.5 Å². The number of hydrogen-bond acceptors (Lipinski definition) is 4. The van der Waals surface area contributed by atoms with Crippen LogP contribution < -0.4 is 0 Å². The van der Waals surface area contributed by atoms with E-state index in [1.165, 1.54) is 0 Å². The molecule has 0 N–H and O–H groups in total. The lowest BCUT2D eigenvalue weighted by molar-refractivity contribution is 0.664. The molecule has 5 heteroatoms. The van der Waals surface area contributed by atoms with E-state index in [-0.39, 0.29) is 0 Å². The van der Waals surface area contributed by atoms with E-state index in [1.54, 1.807) is 0 Å². The molecule has 0 amide bonds. The van der Waals surface area contributed by atoms with E-state index < -0.39 is 0 Å². The molecule has 0 unspecified atom stereocenters. The van der Waals surface area contributed by atoms with Crippen molar-refractivity contribution in [3.63, 3.8) is 0 Å². The van der Waals surface area contributed by atoms with Crippen LogP contribution in [0, 0.1) is 0 Å². The number of pyridine rings is 2. The lowest BCUT2D eigenvalue weighted by Gasteiger charge is -2.03. The molecule has 5 aromatic heterocycles. The summed E-state index contributed by atoms with van der Waals surface area (Å²) < 4.78 is 14.3. The summed E-state index contributed by atoms with van der Waals surface area (Å²) in [7, 11) is 0. The maximum absolute atomic E-state index is 6.21. The Hall–Kier alpha value is -4.90. The molecule has 8 rings (SSSR count). The van der Waals surface area contributed by atoms with E-state index >= 15 is 0 Å². The van der Waals surface area contributed by atoms with Crippen LogP contribution in [0.4, 0.5) is 0 Å². The van der Waals surface area contributed by atoms with Crippen LogP contribution in [0.3, 0.4) is 0 Å². The average molecular weight is 451 g/mol. The van der Waals surface area contributed by atoms with E-state index in [1.807, 2.05) is 71.5 Å². The lowest BCUT2D eigenvalue weighted by atomic mass is 10.0. The molecule has 0 aliphatic rings. The van der Waals surface area contributed by atoms with Gasteiger partial charge in [0.2, 0.25) is 0 Å². The first-order valence-corrected chi connectivity index (χ1v) is 11.5. The quantitative estimate of drug-likeness (QED) is 0.268. The normalized spacial score (nSPS) is 12.0. The summed E-state index contributed by atoms with van der Waals surface area (Å²) >= 11 is 0. The number of fused-ring (bicyclic) bond motifs is 7. The highest BCUT2D eigenvalue weighted by Crippen LogP contribution is 2.38. The Balaban J connectivity index is 1.23. The summed E-state index contributed by atoms with van der Waals surface area (Å²) in [5.74, 6) is 0. The number of nitrogens with zero attached hydrogens (tertiary/aromatic N) is 3. The Kier molecular flexibility index (Phi) is 3.60. The molecule has 0 aliphatic carbocycles. The fourth-order valence-corrected chi connectivity index (χ4v) is 4.95. The third-order valence-electron chi connectivity index (χ3n) is 6.69. The predicted molar refractivity (Wildman–Crippen MR) is 138 cm³/mol. The number of hydrogen-bond donors (Lipinski definition) is 0. The summed E-state index contributed by atoms with van der Waals surface area (Å²) in [5.41, 5.74) is 8.20. The molecular weight excluding hydrogens is 434 g/mol. The van der Waals surface area contributed by atoms with Crippen LogP contribution in [-0.2, 0) is 0 Å². The Morgan fingerprint density at radius 1 is 0.571 bits per heavy atom. The van der Waals surface area contributed by atoms with Gasteiger partial charge in [-0.3, -0.25) is 4.98 Å². The smallest absolute Gasteiger partial charge is 0.137 e. The molecule has 0 atom stereocenters. The molecule has 0 aliphatic heterocycles. The monoisotopic (exact) mass is 451 g/mol. The third kappa shape index (κ3) is 2.75. The summed E-state index contributed by atoms with van der Waals surface area (Å²) in [5, 5.41) is 4.27. The van der Waals surface area contributed by atoms with Crippen LogP contribution in [0.5, 0.6) is 0 Å². The summed E-state index contributed by atoms with van der Waals surface area (Å²) in [4.78, 5) is 9.37. The summed E-state index contributed by atoms with van der Waals surface area (Å²) in [6.45, 7) is 0. The first-order valence-electron chi connectivity index (χ1n) is 11.5. The fourth-order valence-electron chi connectivity index (χ4n) is 4.95. The highest BCUT2D eigenvalue weighted by atomic mass is 16.3. The van der Waals surface area contributed by atoms with Crippen molar-refractivity contribution in [2.24, 2.45) is 0 Å². The first kappa shape index (κ1) is 18.5. The van der Waals surface area contributed by atoms with E-state index in [0.717, 1.165) is 72.0 Å². The van der Waals surface area contributed by atoms with Crippen molar-refractivity contribution in [3.05, 3.63) is 104 Å². The summed E-state index contributed by atoms with van der Waals surface area (Å²) in [6, 6.07) is 28.6. The van der Waals surface area contributed by atoms with E-state index in [9.17, 15) is 0 Å². The Morgan fingerprint density at radius 3 is 2.14 bits per heavy atom. The maximum Gasteiger partial charge on any atom is 0.137 e. The van der Waals surface area contributed by atoms with Gasteiger partial charge in [0.15, 0.2) is 0 Å². The van der Waals surface area contributed by atoms with E-state index in [2.05, 4.69) is 41.4 Å². The molecule has 0 saturated carbocycles. The van der Waals surface area contributed by atoms with Crippen molar-refractivity contribution >= 4 is 49.5 Å². The third-order valence-corrected chi connectivity index (χ3v) is 6.69. The van der Waals surface area contributed by atoms with Crippen molar-refractivity contribution in [1.29, 1.82) is 0 Å². The SMILES string of the molecule is c1ccc2c(c1)oc1cc3c(cc12)oc1ccc(-c2ccc(-c4cn5ccccc5n4)nc2)cc13. The zero-order chi connectivity index (χ0) is 22.9. The van der Waals surface area contributed by atoms with Gasteiger partial charge in [-0.15, -0.1) is 0 Å². The standard InChI is InChI=1S/C30H17N3O2/c1-2-6-26-20(5-1)22-14-29-23(15-28(22)34-26)21-13-18(9-11-27(21)35-29)19-8-10-24(31-16-19)25-17-33-12-4-3-7-30(33)32-25/h1-17H. The second-order valence-corrected chi connectivity index (χ2v) is 8.78. The highest BCUT2D eigenvalue weighted by molar-refractivity contribution is 6.15. The van der Waals surface area contributed by atoms with Crippen LogP contribution in [-0.4, -0.2) is 14.4 Å². The Morgan fingerprint density at radius 2 is 1.31 bits per heavy atom. The first-order chi connectivity index (χ1) is 17.3. The van der Waals surface area contributed by atoms with Gasteiger partial charge in [0.05, 0.1) is 5.69 Å². The number of para-hydroxylation sites is 1. The Bertz CT molecular complexity index is 2030. The van der Waals surface area contributed by atoms with Crippen LogP contribution in [0.2, 0.25) is 0 Å².